The predicted molar refractivity (Wildman–Crippen MR) is 223 cm³/mol. The van der Waals surface area contributed by atoms with Crippen LogP contribution in [0, 0.1) is 0 Å². The van der Waals surface area contributed by atoms with Crippen LogP contribution in [0.1, 0.15) is 0 Å². The Bertz CT molecular complexity index is 3440. The van der Waals surface area contributed by atoms with Gasteiger partial charge in [0.05, 0.1) is 16.7 Å². The van der Waals surface area contributed by atoms with Gasteiger partial charge in [-0.25, -0.2) is 4.98 Å². The minimum atomic E-state index is 0.544. The molecule has 0 aliphatic rings. The molecule has 4 aromatic heterocycles. The second kappa shape index (κ2) is 11.5. The van der Waals surface area contributed by atoms with E-state index in [1.165, 1.54) is 0 Å². The van der Waals surface area contributed by atoms with E-state index < -0.39 is 0 Å². The van der Waals surface area contributed by atoms with Gasteiger partial charge in [-0.05, 0) is 78.9 Å². The summed E-state index contributed by atoms with van der Waals surface area (Å²) in [7, 11) is 0. The van der Waals surface area contributed by atoms with Crippen LogP contribution < -0.4 is 4.90 Å². The zero-order valence-corrected chi connectivity index (χ0v) is 29.3. The highest BCUT2D eigenvalue weighted by Gasteiger charge is 2.27. The van der Waals surface area contributed by atoms with Gasteiger partial charge in [0, 0.05) is 55.3 Å². The number of rotatable bonds is 5. The molecule has 8 aromatic carbocycles. The summed E-state index contributed by atoms with van der Waals surface area (Å²) in [5.41, 5.74) is 11.4. The lowest BCUT2D eigenvalue weighted by atomic mass is 10.1. The number of nitrogens with zero attached hydrogens (tertiary/aromatic N) is 3. The maximum absolute atomic E-state index is 6.83. The SMILES string of the molecule is c1ccc(-c2nc3c(N(c4ccc5c(c4)oc4ccccc45)c4ccc5c(c4)c4ccccc4n5-c4ccccc4)c4oc5ccccc5c4cc3o2)cc1. The molecule has 12 aromatic rings. The second-order valence-electron chi connectivity index (χ2n) is 13.9. The molecule has 55 heavy (non-hydrogen) atoms. The fraction of sp³-hybridized carbons (Fsp3) is 0. The average Bonchev–Trinajstić information content (AvgIpc) is 4.02. The van der Waals surface area contributed by atoms with Gasteiger partial charge in [-0.3, -0.25) is 0 Å². The number of aromatic nitrogens is 2. The minimum Gasteiger partial charge on any atom is -0.456 e. The molecule has 0 N–H and O–H groups in total. The van der Waals surface area contributed by atoms with Crippen LogP contribution in [-0.4, -0.2) is 9.55 Å². The van der Waals surface area contributed by atoms with Crippen LogP contribution in [0.2, 0.25) is 0 Å². The molecular formula is C49H29N3O3. The number of oxazole rings is 1. The molecule has 0 aliphatic heterocycles. The van der Waals surface area contributed by atoms with Crippen molar-refractivity contribution >= 4 is 93.8 Å². The summed E-state index contributed by atoms with van der Waals surface area (Å²) >= 11 is 0. The van der Waals surface area contributed by atoms with E-state index in [4.69, 9.17) is 18.2 Å². The van der Waals surface area contributed by atoms with E-state index in [1.807, 2.05) is 66.7 Å². The van der Waals surface area contributed by atoms with Crippen LogP contribution >= 0.6 is 0 Å². The van der Waals surface area contributed by atoms with Gasteiger partial charge in [0.1, 0.15) is 28.0 Å². The first-order chi connectivity index (χ1) is 27.3. The topological polar surface area (TPSA) is 60.5 Å². The maximum Gasteiger partial charge on any atom is 0.227 e. The van der Waals surface area contributed by atoms with Crippen LogP contribution in [-0.2, 0) is 0 Å². The summed E-state index contributed by atoms with van der Waals surface area (Å²) in [5.74, 6) is 0.544. The van der Waals surface area contributed by atoms with Crippen molar-refractivity contribution in [1.29, 1.82) is 0 Å². The van der Waals surface area contributed by atoms with E-state index >= 15 is 0 Å². The minimum absolute atomic E-state index is 0.544. The third-order valence-electron chi connectivity index (χ3n) is 10.8. The van der Waals surface area contributed by atoms with Crippen molar-refractivity contribution in [3.63, 3.8) is 0 Å². The van der Waals surface area contributed by atoms with Gasteiger partial charge < -0.3 is 22.7 Å². The van der Waals surface area contributed by atoms with Crippen LogP contribution in [0.15, 0.2) is 189 Å². The first-order valence-corrected chi connectivity index (χ1v) is 18.4. The average molecular weight is 708 g/mol. The van der Waals surface area contributed by atoms with Crippen LogP contribution in [0.25, 0.3) is 93.9 Å². The van der Waals surface area contributed by atoms with E-state index in [0.29, 0.717) is 17.0 Å². The molecule has 0 fully saturated rings. The van der Waals surface area contributed by atoms with Gasteiger partial charge in [-0.2, -0.15) is 0 Å². The molecule has 4 heterocycles. The van der Waals surface area contributed by atoms with E-state index in [9.17, 15) is 0 Å². The number of anilines is 3. The van der Waals surface area contributed by atoms with Crippen molar-refractivity contribution in [2.75, 3.05) is 4.90 Å². The molecule has 0 saturated carbocycles. The smallest absolute Gasteiger partial charge is 0.227 e. The van der Waals surface area contributed by atoms with E-state index in [1.54, 1.807) is 0 Å². The summed E-state index contributed by atoms with van der Waals surface area (Å²) in [5, 5.41) is 6.38. The Balaban J connectivity index is 1.20. The van der Waals surface area contributed by atoms with Crippen LogP contribution in [0.3, 0.4) is 0 Å². The molecule has 0 amide bonds. The van der Waals surface area contributed by atoms with Crippen LogP contribution in [0.4, 0.5) is 17.1 Å². The van der Waals surface area contributed by atoms with Gasteiger partial charge in [-0.15, -0.1) is 0 Å². The number of benzene rings is 8. The van der Waals surface area contributed by atoms with E-state index in [0.717, 1.165) is 94.0 Å². The number of para-hydroxylation sites is 4. The number of hydrogen-bond acceptors (Lipinski definition) is 5. The number of furan rings is 2. The largest absolute Gasteiger partial charge is 0.456 e. The first-order valence-electron chi connectivity index (χ1n) is 18.4. The highest BCUT2D eigenvalue weighted by Crippen LogP contribution is 2.49. The molecular weight excluding hydrogens is 679 g/mol. The number of hydrogen-bond donors (Lipinski definition) is 0. The molecule has 0 saturated heterocycles. The Labute approximate surface area is 313 Å². The summed E-state index contributed by atoms with van der Waals surface area (Å²) in [6.45, 7) is 0. The third kappa shape index (κ3) is 4.46. The molecule has 0 spiro atoms. The van der Waals surface area contributed by atoms with Crippen molar-refractivity contribution in [3.05, 3.63) is 176 Å². The Morgan fingerprint density at radius 2 is 1.04 bits per heavy atom. The second-order valence-corrected chi connectivity index (χ2v) is 13.9. The lowest BCUT2D eigenvalue weighted by molar-refractivity contribution is 0.620. The first kappa shape index (κ1) is 29.9. The Morgan fingerprint density at radius 1 is 0.418 bits per heavy atom. The molecule has 0 atom stereocenters. The molecule has 12 rings (SSSR count). The standard InChI is InChI=1S/C49H29N3O3/c1-3-13-30(14-4-1)49-50-46-45(55-49)29-39-36-19-9-12-22-43(36)54-48(39)47(46)51(33-23-25-37-35-18-8-11-21-42(35)53-44(37)28-33)32-24-26-41-38(27-32)34-17-7-10-20-40(34)52(41)31-15-5-2-6-16-31/h1-29H. The molecule has 0 aliphatic carbocycles. The molecule has 0 unspecified atom stereocenters. The van der Waals surface area contributed by atoms with Gasteiger partial charge in [0.2, 0.25) is 5.89 Å². The fourth-order valence-corrected chi connectivity index (χ4v) is 8.35. The Kier molecular flexibility index (Phi) is 6.24. The van der Waals surface area contributed by atoms with Gasteiger partial charge in [0.15, 0.2) is 11.2 Å². The van der Waals surface area contributed by atoms with Gasteiger partial charge >= 0.3 is 0 Å². The van der Waals surface area contributed by atoms with Crippen molar-refractivity contribution in [2.24, 2.45) is 0 Å². The van der Waals surface area contributed by atoms with Crippen LogP contribution in [0.5, 0.6) is 0 Å². The monoisotopic (exact) mass is 707 g/mol. The summed E-state index contributed by atoms with van der Waals surface area (Å²) < 4.78 is 22.3. The Morgan fingerprint density at radius 3 is 1.85 bits per heavy atom. The fourth-order valence-electron chi connectivity index (χ4n) is 8.35. The van der Waals surface area contributed by atoms with Gasteiger partial charge in [-0.1, -0.05) is 91.0 Å². The third-order valence-corrected chi connectivity index (χ3v) is 10.8. The lowest BCUT2D eigenvalue weighted by Crippen LogP contribution is -2.11. The Hall–Kier alpha value is -7.57. The molecule has 6 heteroatoms. The number of fused-ring (bicyclic) bond motifs is 10. The molecule has 258 valence electrons. The molecule has 6 nitrogen and oxygen atoms in total. The van der Waals surface area contributed by atoms with Crippen molar-refractivity contribution < 1.29 is 13.3 Å². The van der Waals surface area contributed by atoms with Gasteiger partial charge in [0.25, 0.3) is 0 Å². The summed E-state index contributed by atoms with van der Waals surface area (Å²) in [4.78, 5) is 7.49. The molecule has 0 bridgehead atoms. The van der Waals surface area contributed by atoms with Crippen molar-refractivity contribution in [2.45, 2.75) is 0 Å². The normalized spacial score (nSPS) is 12.0. The van der Waals surface area contributed by atoms with E-state index in [2.05, 4.69) is 119 Å². The highest BCUT2D eigenvalue weighted by molar-refractivity contribution is 6.19. The molecule has 0 radical (unpaired) electrons. The zero-order chi connectivity index (χ0) is 36.0. The lowest BCUT2D eigenvalue weighted by Gasteiger charge is -2.26. The quantitative estimate of drug-likeness (QED) is 0.178. The predicted octanol–water partition coefficient (Wildman–Crippen LogP) is 13.9. The zero-order valence-electron chi connectivity index (χ0n) is 29.3. The highest BCUT2D eigenvalue weighted by atomic mass is 16.4. The van der Waals surface area contributed by atoms with Crippen molar-refractivity contribution in [3.8, 4) is 17.1 Å². The van der Waals surface area contributed by atoms with E-state index in [-0.39, 0.29) is 0 Å². The van der Waals surface area contributed by atoms with Crippen molar-refractivity contribution in [1.82, 2.24) is 9.55 Å². The summed E-state index contributed by atoms with van der Waals surface area (Å²) in [6, 6.07) is 60.7. The summed E-state index contributed by atoms with van der Waals surface area (Å²) in [6.07, 6.45) is 0. The maximum atomic E-state index is 6.83.